The van der Waals surface area contributed by atoms with Crippen molar-refractivity contribution in [2.45, 2.75) is 17.4 Å². The van der Waals surface area contributed by atoms with E-state index in [-0.39, 0.29) is 17.3 Å². The van der Waals surface area contributed by atoms with Crippen molar-refractivity contribution < 1.29 is 18.0 Å². The summed E-state index contributed by atoms with van der Waals surface area (Å²) in [7, 11) is 0. The van der Waals surface area contributed by atoms with Gasteiger partial charge >= 0.3 is 6.18 Å². The minimum atomic E-state index is -4.54. The minimum Gasteiger partial charge on any atom is -0.309 e. The van der Waals surface area contributed by atoms with E-state index in [1.54, 1.807) is 0 Å². The number of nitrogens with zero attached hydrogens (tertiary/aromatic N) is 1. The molecule has 2 rings (SSSR count). The molecule has 0 bridgehead atoms. The molecule has 1 aliphatic rings. The molecule has 18 heavy (non-hydrogen) atoms. The molecule has 1 atom stereocenters. The van der Waals surface area contributed by atoms with Crippen molar-refractivity contribution in [3.05, 3.63) is 28.8 Å². The molecule has 1 unspecified atom stereocenters. The Kier molecular flexibility index (Phi) is 3.60. The zero-order valence-electron chi connectivity index (χ0n) is 8.97. The number of halogens is 5. The van der Waals surface area contributed by atoms with Gasteiger partial charge in [-0.15, -0.1) is 0 Å². The topological polar surface area (TPSA) is 20.3 Å². The Balaban J connectivity index is 2.53. The van der Waals surface area contributed by atoms with Gasteiger partial charge < -0.3 is 4.90 Å². The summed E-state index contributed by atoms with van der Waals surface area (Å²) in [5, 5.41) is -0.0697. The van der Waals surface area contributed by atoms with Crippen LogP contribution in [-0.2, 0) is 11.0 Å². The minimum absolute atomic E-state index is 0.0697. The Bertz CT molecular complexity index is 492. The van der Waals surface area contributed by atoms with Gasteiger partial charge in [0.05, 0.1) is 21.1 Å². The van der Waals surface area contributed by atoms with Crippen molar-refractivity contribution in [2.75, 3.05) is 11.4 Å². The Morgan fingerprint density at radius 3 is 2.56 bits per heavy atom. The summed E-state index contributed by atoms with van der Waals surface area (Å²) in [4.78, 5) is 12.4. The van der Waals surface area contributed by atoms with Crippen LogP contribution in [0.1, 0.15) is 12.0 Å². The van der Waals surface area contributed by atoms with Crippen LogP contribution < -0.4 is 4.90 Å². The third kappa shape index (κ3) is 2.36. The van der Waals surface area contributed by atoms with Crippen LogP contribution in [0.5, 0.6) is 0 Å². The fraction of sp³-hybridized carbons (Fsp3) is 0.364. The largest absolute Gasteiger partial charge is 0.418 e. The molecule has 0 aromatic heterocycles. The maximum absolute atomic E-state index is 12.9. The molecule has 1 aromatic carbocycles. The van der Waals surface area contributed by atoms with E-state index in [0.717, 1.165) is 11.0 Å². The third-order valence-corrected chi connectivity index (χ3v) is 3.86. The van der Waals surface area contributed by atoms with Crippen molar-refractivity contribution in [3.63, 3.8) is 0 Å². The molecule has 0 spiro atoms. The number of hydrogen-bond donors (Lipinski definition) is 0. The molecule has 1 amide bonds. The van der Waals surface area contributed by atoms with Crippen LogP contribution >= 0.6 is 27.5 Å². The van der Waals surface area contributed by atoms with E-state index in [1.807, 2.05) is 0 Å². The number of hydrogen-bond acceptors (Lipinski definition) is 1. The van der Waals surface area contributed by atoms with Gasteiger partial charge in [0, 0.05) is 6.54 Å². The zero-order valence-corrected chi connectivity index (χ0v) is 11.3. The first-order valence-electron chi connectivity index (χ1n) is 5.13. The van der Waals surface area contributed by atoms with Crippen molar-refractivity contribution in [1.29, 1.82) is 0 Å². The van der Waals surface area contributed by atoms with Crippen LogP contribution in [0.15, 0.2) is 18.2 Å². The predicted molar refractivity (Wildman–Crippen MR) is 66.1 cm³/mol. The summed E-state index contributed by atoms with van der Waals surface area (Å²) >= 11 is 8.94. The molecule has 1 fully saturated rings. The number of carbonyl (C=O) groups excluding carboxylic acids is 1. The highest BCUT2D eigenvalue weighted by Crippen LogP contribution is 2.42. The van der Waals surface area contributed by atoms with Gasteiger partial charge in [-0.1, -0.05) is 33.6 Å². The molecule has 1 heterocycles. The van der Waals surface area contributed by atoms with E-state index in [0.29, 0.717) is 6.42 Å². The van der Waals surface area contributed by atoms with E-state index >= 15 is 0 Å². The van der Waals surface area contributed by atoms with Gasteiger partial charge in [-0.05, 0) is 18.6 Å². The standard InChI is InChI=1S/C11H8BrClF3NO/c12-7-4-5-17(10(7)18)9-6(11(14,15)16)2-1-3-8(9)13/h1-3,7H,4-5H2. The maximum Gasteiger partial charge on any atom is 0.418 e. The van der Waals surface area contributed by atoms with Gasteiger partial charge in [0.15, 0.2) is 0 Å². The average Bonchev–Trinajstić information content (AvgIpc) is 2.59. The molecule has 0 saturated carbocycles. The van der Waals surface area contributed by atoms with Crippen molar-refractivity contribution in [3.8, 4) is 0 Å². The van der Waals surface area contributed by atoms with Crippen molar-refractivity contribution in [2.24, 2.45) is 0 Å². The first-order valence-corrected chi connectivity index (χ1v) is 6.43. The van der Waals surface area contributed by atoms with Crippen LogP contribution in [0, 0.1) is 0 Å². The van der Waals surface area contributed by atoms with E-state index in [4.69, 9.17) is 11.6 Å². The van der Waals surface area contributed by atoms with E-state index in [1.165, 1.54) is 12.1 Å². The van der Waals surface area contributed by atoms with E-state index < -0.39 is 22.5 Å². The SMILES string of the molecule is O=C1C(Br)CCN1c1c(Cl)cccc1C(F)(F)F. The summed E-state index contributed by atoms with van der Waals surface area (Å²) in [6.07, 6.45) is -4.08. The van der Waals surface area contributed by atoms with Crippen LogP contribution in [0.3, 0.4) is 0 Å². The summed E-state index contributed by atoms with van der Waals surface area (Å²) in [5.74, 6) is -0.395. The Labute approximate surface area is 115 Å². The van der Waals surface area contributed by atoms with Crippen molar-refractivity contribution in [1.82, 2.24) is 0 Å². The molecule has 1 saturated heterocycles. The first kappa shape index (κ1) is 13.7. The molecule has 7 heteroatoms. The van der Waals surface area contributed by atoms with Crippen LogP contribution in [0.2, 0.25) is 5.02 Å². The predicted octanol–water partition coefficient (Wildman–Crippen LogP) is 3.86. The molecule has 0 N–H and O–H groups in total. The monoisotopic (exact) mass is 341 g/mol. The lowest BCUT2D eigenvalue weighted by Crippen LogP contribution is -2.29. The van der Waals surface area contributed by atoms with Crippen molar-refractivity contribution >= 4 is 39.1 Å². The molecule has 1 aromatic rings. The van der Waals surface area contributed by atoms with Gasteiger partial charge in [-0.25, -0.2) is 0 Å². The summed E-state index contributed by atoms with van der Waals surface area (Å²) in [6, 6.07) is 3.50. The van der Waals surface area contributed by atoms with Gasteiger partial charge in [-0.2, -0.15) is 13.2 Å². The molecule has 98 valence electrons. The lowest BCUT2D eigenvalue weighted by molar-refractivity contribution is -0.137. The highest BCUT2D eigenvalue weighted by Gasteiger charge is 2.40. The lowest BCUT2D eigenvalue weighted by Gasteiger charge is -2.22. The van der Waals surface area contributed by atoms with E-state index in [2.05, 4.69) is 15.9 Å². The molecule has 1 aliphatic heterocycles. The van der Waals surface area contributed by atoms with Gasteiger partial charge in [-0.3, -0.25) is 4.79 Å². The number of para-hydroxylation sites is 1. The second kappa shape index (κ2) is 4.74. The van der Waals surface area contributed by atoms with Gasteiger partial charge in [0.1, 0.15) is 0 Å². The van der Waals surface area contributed by atoms with Gasteiger partial charge in [0.25, 0.3) is 0 Å². The lowest BCUT2D eigenvalue weighted by atomic mass is 10.1. The van der Waals surface area contributed by atoms with E-state index in [9.17, 15) is 18.0 Å². The number of benzene rings is 1. The third-order valence-electron chi connectivity index (χ3n) is 2.70. The summed E-state index contributed by atoms with van der Waals surface area (Å²) in [5.41, 5.74) is -1.14. The highest BCUT2D eigenvalue weighted by atomic mass is 79.9. The fourth-order valence-corrected chi connectivity index (χ4v) is 2.61. The Morgan fingerprint density at radius 2 is 2.06 bits per heavy atom. The smallest absolute Gasteiger partial charge is 0.309 e. The normalized spacial score (nSPS) is 20.6. The summed E-state index contributed by atoms with van der Waals surface area (Å²) in [6.45, 7) is 0.224. The average molecular weight is 343 g/mol. The summed E-state index contributed by atoms with van der Waals surface area (Å²) < 4.78 is 38.7. The fourth-order valence-electron chi connectivity index (χ4n) is 1.89. The number of alkyl halides is 4. The number of carbonyl (C=O) groups is 1. The van der Waals surface area contributed by atoms with Crippen LogP contribution in [0.4, 0.5) is 18.9 Å². The Hall–Kier alpha value is -0.750. The second-order valence-corrected chi connectivity index (χ2v) is 5.39. The van der Waals surface area contributed by atoms with Crippen LogP contribution in [-0.4, -0.2) is 17.3 Å². The molecule has 0 radical (unpaired) electrons. The second-order valence-electron chi connectivity index (χ2n) is 3.88. The molecular weight excluding hydrogens is 334 g/mol. The Morgan fingerprint density at radius 1 is 1.39 bits per heavy atom. The van der Waals surface area contributed by atoms with Crippen LogP contribution in [0.25, 0.3) is 0 Å². The van der Waals surface area contributed by atoms with Gasteiger partial charge in [0.2, 0.25) is 5.91 Å². The highest BCUT2D eigenvalue weighted by molar-refractivity contribution is 9.10. The molecular formula is C11H8BrClF3NO. The maximum atomic E-state index is 12.9. The first-order chi connectivity index (χ1) is 8.32. The molecule has 2 nitrogen and oxygen atoms in total. The zero-order chi connectivity index (χ0) is 13.5. The number of rotatable bonds is 1. The number of anilines is 1. The number of amides is 1. The molecule has 0 aliphatic carbocycles. The quantitative estimate of drug-likeness (QED) is 0.710.